The fourth-order valence-corrected chi connectivity index (χ4v) is 7.14. The smallest absolute Gasteiger partial charge is 0.192 e. The predicted octanol–water partition coefficient (Wildman–Crippen LogP) is 7.65. The van der Waals surface area contributed by atoms with Gasteiger partial charge in [0, 0.05) is 0 Å². The van der Waals surface area contributed by atoms with Gasteiger partial charge >= 0.3 is 0 Å². The molecule has 29 heavy (non-hydrogen) atoms. The van der Waals surface area contributed by atoms with Crippen LogP contribution in [0, 0.1) is 34.5 Å². The van der Waals surface area contributed by atoms with E-state index in [2.05, 4.69) is 80.6 Å². The summed E-state index contributed by atoms with van der Waals surface area (Å²) in [6, 6.07) is 0. The second-order valence-corrected chi connectivity index (χ2v) is 17.2. The largest absolute Gasteiger partial charge is 0.413 e. The highest BCUT2D eigenvalue weighted by atomic mass is 28.4. The molecule has 0 aliphatic heterocycles. The molecule has 0 aromatic rings. The Bertz CT molecular complexity index is 600. The Hall–Kier alpha value is -0.413. The van der Waals surface area contributed by atoms with Crippen molar-refractivity contribution in [3.8, 4) is 0 Å². The highest BCUT2D eigenvalue weighted by molar-refractivity contribution is 6.74. The van der Waals surface area contributed by atoms with Crippen molar-refractivity contribution in [2.75, 3.05) is 0 Å². The van der Waals surface area contributed by atoms with Crippen LogP contribution in [-0.2, 0) is 9.22 Å². The molecule has 6 atom stereocenters. The second-order valence-electron chi connectivity index (χ2n) is 12.4. The Kier molecular flexibility index (Phi) is 7.38. The van der Waals surface area contributed by atoms with Crippen molar-refractivity contribution in [3.63, 3.8) is 0 Å². The van der Waals surface area contributed by atoms with Gasteiger partial charge in [0.05, 0.1) is 11.5 Å². The van der Waals surface area contributed by atoms with E-state index in [1.165, 1.54) is 12.7 Å². The molecule has 0 heterocycles. The minimum Gasteiger partial charge on any atom is -0.413 e. The number of carbonyl (C=O) groups is 1. The molecule has 2 fully saturated rings. The predicted molar refractivity (Wildman–Crippen MR) is 128 cm³/mol. The molecule has 2 aliphatic carbocycles. The summed E-state index contributed by atoms with van der Waals surface area (Å²) in [4.78, 5) is 13.1. The standard InChI is InChI=1S/C26H48O2Si/c1-11-19(2)12-14-21-20(3)13-15-22-25(7,8)17-16-23(26(21,22)18-27)28-29(9,10)24(4,5)6/h12,14,18-23H,11,13,15-17H2,1-10H3/t19-,20+,21+,22+,23?,26-/m1/s1. The van der Waals surface area contributed by atoms with Gasteiger partial charge in [0.15, 0.2) is 8.32 Å². The lowest BCUT2D eigenvalue weighted by molar-refractivity contribution is -0.166. The molecular weight excluding hydrogens is 372 g/mol. The summed E-state index contributed by atoms with van der Waals surface area (Å²) in [7, 11) is -1.96. The normalized spacial score (nSPS) is 36.6. The van der Waals surface area contributed by atoms with E-state index < -0.39 is 8.32 Å². The van der Waals surface area contributed by atoms with Gasteiger partial charge in [-0.3, -0.25) is 0 Å². The van der Waals surface area contributed by atoms with Crippen molar-refractivity contribution in [2.45, 2.75) is 112 Å². The second kappa shape index (κ2) is 8.61. The first kappa shape index (κ1) is 24.9. The number of hydrogen-bond donors (Lipinski definition) is 0. The minimum atomic E-state index is -1.96. The lowest BCUT2D eigenvalue weighted by Crippen LogP contribution is -2.63. The Labute approximate surface area is 182 Å². The van der Waals surface area contributed by atoms with Crippen LogP contribution in [0.2, 0.25) is 18.1 Å². The Morgan fingerprint density at radius 1 is 1.17 bits per heavy atom. The summed E-state index contributed by atoms with van der Waals surface area (Å²) in [5.41, 5.74) is -0.199. The zero-order valence-corrected chi connectivity index (χ0v) is 22.0. The maximum atomic E-state index is 13.1. The average Bonchev–Trinajstić information content (AvgIpc) is 2.61. The van der Waals surface area contributed by atoms with E-state index in [1.807, 2.05) is 0 Å². The zero-order chi connectivity index (χ0) is 22.3. The van der Waals surface area contributed by atoms with Crippen molar-refractivity contribution in [2.24, 2.45) is 34.5 Å². The molecule has 0 saturated heterocycles. The van der Waals surface area contributed by atoms with E-state index in [-0.39, 0.29) is 27.9 Å². The van der Waals surface area contributed by atoms with Crippen LogP contribution in [0.3, 0.4) is 0 Å². The average molecular weight is 421 g/mol. The van der Waals surface area contributed by atoms with Crippen molar-refractivity contribution in [3.05, 3.63) is 12.2 Å². The minimum absolute atomic E-state index is 0.0493. The van der Waals surface area contributed by atoms with Gasteiger partial charge in [0.2, 0.25) is 0 Å². The van der Waals surface area contributed by atoms with Gasteiger partial charge in [-0.15, -0.1) is 0 Å². The Morgan fingerprint density at radius 2 is 1.79 bits per heavy atom. The van der Waals surface area contributed by atoms with E-state index in [0.717, 1.165) is 25.7 Å². The van der Waals surface area contributed by atoms with Crippen LogP contribution in [0.25, 0.3) is 0 Å². The van der Waals surface area contributed by atoms with Crippen LogP contribution in [0.1, 0.15) is 87.5 Å². The van der Waals surface area contributed by atoms with Crippen molar-refractivity contribution in [1.82, 2.24) is 0 Å². The lowest BCUT2D eigenvalue weighted by Gasteiger charge is -2.61. The first-order valence-electron chi connectivity index (χ1n) is 12.1. The molecule has 2 rings (SSSR count). The molecular formula is C26H48O2Si. The van der Waals surface area contributed by atoms with Gasteiger partial charge in [0.1, 0.15) is 6.29 Å². The highest BCUT2D eigenvalue weighted by Gasteiger charge is 2.62. The molecule has 0 radical (unpaired) electrons. The van der Waals surface area contributed by atoms with Crippen LogP contribution < -0.4 is 0 Å². The van der Waals surface area contributed by atoms with Gasteiger partial charge in [-0.25, -0.2) is 0 Å². The SMILES string of the molecule is CC[C@@H](C)C=C[C@H]1[C@@H](C)CC[C@H]2C(C)(C)CCC(O[Si](C)(C)C(C)(C)C)[C@]12C=O. The molecule has 0 aromatic carbocycles. The van der Waals surface area contributed by atoms with E-state index in [1.54, 1.807) is 0 Å². The molecule has 2 saturated carbocycles. The van der Waals surface area contributed by atoms with Crippen LogP contribution >= 0.6 is 0 Å². The van der Waals surface area contributed by atoms with Crippen LogP contribution in [-0.4, -0.2) is 20.7 Å². The summed E-state index contributed by atoms with van der Waals surface area (Å²) in [5, 5.41) is 0.155. The summed E-state index contributed by atoms with van der Waals surface area (Å²) >= 11 is 0. The topological polar surface area (TPSA) is 26.3 Å². The maximum absolute atomic E-state index is 13.1. The van der Waals surface area contributed by atoms with Crippen LogP contribution in [0.4, 0.5) is 0 Å². The molecule has 168 valence electrons. The van der Waals surface area contributed by atoms with Crippen LogP contribution in [0.15, 0.2) is 12.2 Å². The molecule has 2 aliphatic rings. The number of carbonyl (C=O) groups excluding carboxylic acids is 1. The molecule has 0 amide bonds. The molecule has 0 N–H and O–H groups in total. The van der Waals surface area contributed by atoms with E-state index in [4.69, 9.17) is 4.43 Å². The first-order valence-corrected chi connectivity index (χ1v) is 15.0. The first-order chi connectivity index (χ1) is 13.2. The van der Waals surface area contributed by atoms with Crippen molar-refractivity contribution in [1.29, 1.82) is 0 Å². The molecule has 0 bridgehead atoms. The molecule has 1 unspecified atom stereocenters. The Morgan fingerprint density at radius 3 is 2.31 bits per heavy atom. The molecule has 0 aromatic heterocycles. The number of hydrogen-bond acceptors (Lipinski definition) is 2. The molecule has 3 heteroatoms. The third-order valence-electron chi connectivity index (χ3n) is 8.99. The highest BCUT2D eigenvalue weighted by Crippen LogP contribution is 2.62. The van der Waals surface area contributed by atoms with Gasteiger partial charge in [-0.2, -0.15) is 0 Å². The van der Waals surface area contributed by atoms with E-state index in [9.17, 15) is 4.79 Å². The van der Waals surface area contributed by atoms with Crippen molar-refractivity contribution < 1.29 is 9.22 Å². The summed E-state index contributed by atoms with van der Waals surface area (Å²) in [6.07, 6.45) is 11.9. The number of allylic oxidation sites excluding steroid dienone is 2. The number of aldehydes is 1. The fourth-order valence-electron chi connectivity index (χ4n) is 5.75. The maximum Gasteiger partial charge on any atom is 0.192 e. The van der Waals surface area contributed by atoms with Gasteiger partial charge in [-0.1, -0.05) is 74.0 Å². The van der Waals surface area contributed by atoms with Gasteiger partial charge in [0.25, 0.3) is 0 Å². The number of rotatable bonds is 6. The fraction of sp³-hybridized carbons (Fsp3) is 0.885. The monoisotopic (exact) mass is 420 g/mol. The zero-order valence-electron chi connectivity index (χ0n) is 21.0. The lowest BCUT2D eigenvalue weighted by atomic mass is 9.45. The Balaban J connectivity index is 2.56. The van der Waals surface area contributed by atoms with Crippen LogP contribution in [0.5, 0.6) is 0 Å². The third kappa shape index (κ3) is 4.61. The van der Waals surface area contributed by atoms with E-state index in [0.29, 0.717) is 17.8 Å². The van der Waals surface area contributed by atoms with Gasteiger partial charge in [-0.05, 0) is 72.9 Å². The summed E-state index contributed by atoms with van der Waals surface area (Å²) < 4.78 is 7.09. The van der Waals surface area contributed by atoms with Crippen molar-refractivity contribution >= 4 is 14.6 Å². The van der Waals surface area contributed by atoms with E-state index >= 15 is 0 Å². The number of fused-ring (bicyclic) bond motifs is 1. The molecule has 2 nitrogen and oxygen atoms in total. The summed E-state index contributed by atoms with van der Waals surface area (Å²) in [5.74, 6) is 1.76. The quantitative estimate of drug-likeness (QED) is 0.250. The van der Waals surface area contributed by atoms with Gasteiger partial charge < -0.3 is 9.22 Å². The molecule has 0 spiro atoms. The summed E-state index contributed by atoms with van der Waals surface area (Å²) in [6.45, 7) is 23.3. The third-order valence-corrected chi connectivity index (χ3v) is 13.5.